The van der Waals surface area contributed by atoms with Crippen LogP contribution in [-0.4, -0.2) is 5.78 Å². The van der Waals surface area contributed by atoms with Gasteiger partial charge in [-0.25, -0.2) is 0 Å². The van der Waals surface area contributed by atoms with Crippen molar-refractivity contribution < 1.29 is 4.79 Å². The molecular weight excluding hydrogens is 339 g/mol. The van der Waals surface area contributed by atoms with Gasteiger partial charge in [-0.1, -0.05) is 59.1 Å². The van der Waals surface area contributed by atoms with Crippen LogP contribution in [0, 0.1) is 6.92 Å². The van der Waals surface area contributed by atoms with Crippen LogP contribution in [0.5, 0.6) is 0 Å². The van der Waals surface area contributed by atoms with Gasteiger partial charge in [-0.15, -0.1) is 0 Å². The highest BCUT2D eigenvalue weighted by Gasteiger charge is 2.20. The minimum atomic E-state index is 0.132. The van der Waals surface area contributed by atoms with Crippen LogP contribution in [0.4, 0.5) is 0 Å². The van der Waals surface area contributed by atoms with Gasteiger partial charge >= 0.3 is 0 Å². The molecule has 0 heterocycles. The van der Waals surface area contributed by atoms with E-state index in [-0.39, 0.29) is 5.78 Å². The molecule has 2 aromatic carbocycles. The Morgan fingerprint density at radius 3 is 2.04 bits per heavy atom. The van der Waals surface area contributed by atoms with E-state index >= 15 is 0 Å². The second-order valence-corrected chi connectivity index (χ2v) is 6.92. The standard InChI is InChI=1S/C21H18Cl2O/c1-14-5-7-15(8-6-14)11-17-3-2-4-18(21(17)24)12-16-9-10-19(22)20(23)13-16/h5-13H,2-4H2,1H3/b17-11+,18-12+. The third-order valence-electron chi connectivity index (χ3n) is 4.18. The number of carbonyl (C=O) groups is 1. The van der Waals surface area contributed by atoms with Crippen molar-refractivity contribution in [1.29, 1.82) is 0 Å². The van der Waals surface area contributed by atoms with Crippen LogP contribution >= 0.6 is 23.2 Å². The molecule has 3 heteroatoms. The lowest BCUT2D eigenvalue weighted by Crippen LogP contribution is -2.12. The maximum Gasteiger partial charge on any atom is 0.185 e. The summed E-state index contributed by atoms with van der Waals surface area (Å²) in [5.41, 5.74) is 4.89. The summed E-state index contributed by atoms with van der Waals surface area (Å²) in [6.45, 7) is 2.06. The summed E-state index contributed by atoms with van der Waals surface area (Å²) in [4.78, 5) is 12.8. The number of ketones is 1. The first-order chi connectivity index (χ1) is 11.5. The van der Waals surface area contributed by atoms with Crippen molar-refractivity contribution in [2.45, 2.75) is 26.2 Å². The predicted octanol–water partition coefficient (Wildman–Crippen LogP) is 6.52. The topological polar surface area (TPSA) is 17.1 Å². The molecule has 0 saturated heterocycles. The summed E-state index contributed by atoms with van der Waals surface area (Å²) in [5, 5.41) is 1.03. The number of allylic oxidation sites excluding steroid dienone is 2. The molecule has 0 aromatic heterocycles. The van der Waals surface area contributed by atoms with Crippen LogP contribution in [0.1, 0.15) is 36.0 Å². The van der Waals surface area contributed by atoms with Crippen LogP contribution < -0.4 is 0 Å². The van der Waals surface area contributed by atoms with Gasteiger partial charge in [0.15, 0.2) is 5.78 Å². The third-order valence-corrected chi connectivity index (χ3v) is 4.92. The number of halogens is 2. The second-order valence-electron chi connectivity index (χ2n) is 6.11. The molecule has 1 fully saturated rings. The average molecular weight is 357 g/mol. The molecule has 1 nitrogen and oxygen atoms in total. The molecule has 2 aromatic rings. The first-order valence-electron chi connectivity index (χ1n) is 8.00. The Morgan fingerprint density at radius 1 is 0.833 bits per heavy atom. The predicted molar refractivity (Wildman–Crippen MR) is 102 cm³/mol. The summed E-state index contributed by atoms with van der Waals surface area (Å²) in [6.07, 6.45) is 6.53. The summed E-state index contributed by atoms with van der Waals surface area (Å²) >= 11 is 12.0. The van der Waals surface area contributed by atoms with Gasteiger partial charge in [0.25, 0.3) is 0 Å². The molecule has 0 radical (unpaired) electrons. The quantitative estimate of drug-likeness (QED) is 0.559. The molecule has 0 N–H and O–H groups in total. The largest absolute Gasteiger partial charge is 0.289 e. The van der Waals surface area contributed by atoms with Crippen molar-refractivity contribution in [2.24, 2.45) is 0 Å². The molecule has 3 rings (SSSR count). The van der Waals surface area contributed by atoms with E-state index in [0.29, 0.717) is 10.0 Å². The Labute approximate surface area is 152 Å². The minimum Gasteiger partial charge on any atom is -0.289 e. The minimum absolute atomic E-state index is 0.132. The molecule has 0 atom stereocenters. The summed E-state index contributed by atoms with van der Waals surface area (Å²) in [5.74, 6) is 0.132. The second kappa shape index (κ2) is 7.38. The summed E-state index contributed by atoms with van der Waals surface area (Å²) in [6, 6.07) is 13.7. The van der Waals surface area contributed by atoms with Gasteiger partial charge in [-0.2, -0.15) is 0 Å². The van der Waals surface area contributed by atoms with Crippen LogP contribution in [0.25, 0.3) is 12.2 Å². The zero-order valence-corrected chi connectivity index (χ0v) is 15.0. The van der Waals surface area contributed by atoms with Crippen molar-refractivity contribution in [3.8, 4) is 0 Å². The lowest BCUT2D eigenvalue weighted by Gasteiger charge is -2.16. The molecule has 1 aliphatic carbocycles. The number of rotatable bonds is 2. The van der Waals surface area contributed by atoms with Crippen molar-refractivity contribution in [2.75, 3.05) is 0 Å². The number of carbonyl (C=O) groups excluding carboxylic acids is 1. The molecule has 1 saturated carbocycles. The Kier molecular flexibility index (Phi) is 5.23. The highest BCUT2D eigenvalue weighted by Crippen LogP contribution is 2.29. The number of hydrogen-bond donors (Lipinski definition) is 0. The fourth-order valence-electron chi connectivity index (χ4n) is 2.85. The summed E-state index contributed by atoms with van der Waals surface area (Å²) in [7, 11) is 0. The molecule has 24 heavy (non-hydrogen) atoms. The molecule has 0 bridgehead atoms. The molecule has 1 aliphatic rings. The van der Waals surface area contributed by atoms with Crippen LogP contribution in [0.2, 0.25) is 10.0 Å². The molecule has 0 unspecified atom stereocenters. The van der Waals surface area contributed by atoms with E-state index in [1.165, 1.54) is 5.56 Å². The number of benzene rings is 2. The van der Waals surface area contributed by atoms with Crippen molar-refractivity contribution in [1.82, 2.24) is 0 Å². The molecule has 122 valence electrons. The SMILES string of the molecule is Cc1ccc(/C=C2\CCC/C(=C\c3ccc(Cl)c(Cl)c3)C2=O)cc1. The fourth-order valence-corrected chi connectivity index (χ4v) is 3.15. The Balaban J connectivity index is 1.88. The van der Waals surface area contributed by atoms with E-state index in [9.17, 15) is 4.79 Å². The smallest absolute Gasteiger partial charge is 0.185 e. The number of Topliss-reactive ketones (excluding diaryl/α,β-unsaturated/α-hetero) is 1. The molecule has 0 spiro atoms. The Morgan fingerprint density at radius 2 is 1.42 bits per heavy atom. The molecule has 0 amide bonds. The maximum atomic E-state index is 12.8. The van der Waals surface area contributed by atoms with E-state index < -0.39 is 0 Å². The number of hydrogen-bond acceptors (Lipinski definition) is 1. The van der Waals surface area contributed by atoms with E-state index in [1.807, 2.05) is 30.4 Å². The maximum absolute atomic E-state index is 12.8. The van der Waals surface area contributed by atoms with E-state index in [2.05, 4.69) is 19.1 Å². The third kappa shape index (κ3) is 3.98. The summed E-state index contributed by atoms with van der Waals surface area (Å²) < 4.78 is 0. The van der Waals surface area contributed by atoms with Gasteiger partial charge < -0.3 is 0 Å². The van der Waals surface area contributed by atoms with Gasteiger partial charge in [-0.3, -0.25) is 4.79 Å². The van der Waals surface area contributed by atoms with Gasteiger partial charge in [0.1, 0.15) is 0 Å². The van der Waals surface area contributed by atoms with Crippen molar-refractivity contribution >= 4 is 41.1 Å². The van der Waals surface area contributed by atoms with Crippen LogP contribution in [-0.2, 0) is 4.79 Å². The van der Waals surface area contributed by atoms with Gasteiger partial charge in [0, 0.05) is 11.1 Å². The van der Waals surface area contributed by atoms with Crippen LogP contribution in [0.3, 0.4) is 0 Å². The van der Waals surface area contributed by atoms with Gasteiger partial charge in [0.05, 0.1) is 10.0 Å². The molecular formula is C21H18Cl2O. The first-order valence-corrected chi connectivity index (χ1v) is 8.76. The van der Waals surface area contributed by atoms with Gasteiger partial charge in [-0.05, 0) is 61.6 Å². The lowest BCUT2D eigenvalue weighted by atomic mass is 9.87. The van der Waals surface area contributed by atoms with Gasteiger partial charge in [0.2, 0.25) is 0 Å². The fraction of sp³-hybridized carbons (Fsp3) is 0.190. The lowest BCUT2D eigenvalue weighted by molar-refractivity contribution is -0.112. The van der Waals surface area contributed by atoms with Crippen molar-refractivity contribution in [3.05, 3.63) is 80.3 Å². The first kappa shape index (κ1) is 17.0. The Hall–Kier alpha value is -1.83. The van der Waals surface area contributed by atoms with Crippen LogP contribution in [0.15, 0.2) is 53.6 Å². The molecule has 0 aliphatic heterocycles. The zero-order chi connectivity index (χ0) is 17.1. The van der Waals surface area contributed by atoms with E-state index in [4.69, 9.17) is 23.2 Å². The highest BCUT2D eigenvalue weighted by atomic mass is 35.5. The van der Waals surface area contributed by atoms with E-state index in [1.54, 1.807) is 12.1 Å². The average Bonchev–Trinajstić information content (AvgIpc) is 2.57. The zero-order valence-electron chi connectivity index (χ0n) is 13.5. The normalized spacial score (nSPS) is 18.4. The Bertz CT molecular complexity index is 829. The monoisotopic (exact) mass is 356 g/mol. The number of aryl methyl sites for hydroxylation is 1. The highest BCUT2D eigenvalue weighted by molar-refractivity contribution is 6.42. The van der Waals surface area contributed by atoms with Crippen molar-refractivity contribution in [3.63, 3.8) is 0 Å². The van der Waals surface area contributed by atoms with E-state index in [0.717, 1.165) is 41.5 Å².